The molecule has 0 radical (unpaired) electrons. The second kappa shape index (κ2) is 4.59. The molecule has 0 fully saturated rings. The van der Waals surface area contributed by atoms with Crippen LogP contribution >= 0.6 is 15.9 Å². The molecule has 0 aliphatic heterocycles. The van der Waals surface area contributed by atoms with Gasteiger partial charge in [0.2, 0.25) is 0 Å². The Hall–Kier alpha value is -0.840. The molecule has 0 saturated heterocycles. The first-order chi connectivity index (χ1) is 6.60. The van der Waals surface area contributed by atoms with Gasteiger partial charge in [0.05, 0.1) is 11.6 Å². The Morgan fingerprint density at radius 2 is 2.43 bits per heavy atom. The zero-order valence-electron chi connectivity index (χ0n) is 8.45. The van der Waals surface area contributed by atoms with Gasteiger partial charge in [-0.1, -0.05) is 6.92 Å². The minimum absolute atomic E-state index is 0.282. The van der Waals surface area contributed by atoms with E-state index in [4.69, 9.17) is 0 Å². The van der Waals surface area contributed by atoms with Crippen molar-refractivity contribution in [2.75, 3.05) is 7.11 Å². The van der Waals surface area contributed by atoms with Crippen LogP contribution in [0.5, 0.6) is 0 Å². The number of ether oxygens (including phenoxy) is 1. The highest BCUT2D eigenvalue weighted by molar-refractivity contribution is 9.10. The van der Waals surface area contributed by atoms with Gasteiger partial charge in [-0.2, -0.15) is 5.10 Å². The van der Waals surface area contributed by atoms with Crippen LogP contribution in [0.4, 0.5) is 0 Å². The number of rotatable bonds is 3. The van der Waals surface area contributed by atoms with Crippen molar-refractivity contribution in [3.8, 4) is 0 Å². The van der Waals surface area contributed by atoms with Gasteiger partial charge >= 0.3 is 5.97 Å². The second-order valence-electron chi connectivity index (χ2n) is 3.05. The van der Waals surface area contributed by atoms with Crippen molar-refractivity contribution in [2.45, 2.75) is 26.3 Å². The van der Waals surface area contributed by atoms with Gasteiger partial charge in [0, 0.05) is 12.2 Å². The second-order valence-corrected chi connectivity index (χ2v) is 3.91. The summed E-state index contributed by atoms with van der Waals surface area (Å²) >= 11 is 3.27. The maximum Gasteiger partial charge on any atom is 0.359 e. The van der Waals surface area contributed by atoms with Gasteiger partial charge in [-0.05, 0) is 29.3 Å². The molecule has 0 unspecified atom stereocenters. The highest BCUT2D eigenvalue weighted by Crippen LogP contribution is 2.19. The summed E-state index contributed by atoms with van der Waals surface area (Å²) in [5, 5.41) is 4.15. The van der Waals surface area contributed by atoms with Crippen LogP contribution in [0, 0.1) is 0 Å². The number of aromatic nitrogens is 2. The Morgan fingerprint density at radius 3 is 2.93 bits per heavy atom. The lowest BCUT2D eigenvalue weighted by molar-refractivity contribution is 0.0591. The summed E-state index contributed by atoms with van der Waals surface area (Å²) in [4.78, 5) is 11.2. The van der Waals surface area contributed by atoms with Crippen LogP contribution in [-0.4, -0.2) is 22.9 Å². The van der Waals surface area contributed by atoms with Gasteiger partial charge in [-0.15, -0.1) is 0 Å². The van der Waals surface area contributed by atoms with Crippen LogP contribution in [0.25, 0.3) is 0 Å². The summed E-state index contributed by atoms with van der Waals surface area (Å²) in [6.07, 6.45) is 2.76. The SMILES string of the molecule is CC[C@H](C)n1cc(Br)c(C(=O)OC)n1. The van der Waals surface area contributed by atoms with Crippen molar-refractivity contribution < 1.29 is 9.53 Å². The van der Waals surface area contributed by atoms with E-state index in [-0.39, 0.29) is 6.04 Å². The maximum atomic E-state index is 11.2. The summed E-state index contributed by atoms with van der Waals surface area (Å²) in [7, 11) is 1.34. The fourth-order valence-electron chi connectivity index (χ4n) is 1.02. The standard InChI is InChI=1S/C9H13BrN2O2/c1-4-6(2)12-5-7(10)8(11-12)9(13)14-3/h5-6H,4H2,1-3H3/t6-/m0/s1. The third-order valence-corrected chi connectivity index (χ3v) is 2.69. The number of methoxy groups -OCH3 is 1. The fourth-order valence-corrected chi connectivity index (χ4v) is 1.47. The van der Waals surface area contributed by atoms with E-state index < -0.39 is 5.97 Å². The summed E-state index contributed by atoms with van der Waals surface area (Å²) < 4.78 is 7.03. The molecule has 14 heavy (non-hydrogen) atoms. The number of halogens is 1. The predicted molar refractivity (Wildman–Crippen MR) is 56.3 cm³/mol. The van der Waals surface area contributed by atoms with Crippen LogP contribution < -0.4 is 0 Å². The molecular formula is C9H13BrN2O2. The molecule has 0 bridgehead atoms. The van der Waals surface area contributed by atoms with E-state index in [0.29, 0.717) is 10.2 Å². The first-order valence-corrected chi connectivity index (χ1v) is 5.22. The molecule has 1 rings (SSSR count). The van der Waals surface area contributed by atoms with E-state index in [1.807, 2.05) is 6.92 Å². The number of hydrogen-bond donors (Lipinski definition) is 0. The van der Waals surface area contributed by atoms with Crippen molar-refractivity contribution in [3.63, 3.8) is 0 Å². The topological polar surface area (TPSA) is 44.1 Å². The van der Waals surface area contributed by atoms with Crippen molar-refractivity contribution in [3.05, 3.63) is 16.4 Å². The Bertz CT molecular complexity index is 336. The van der Waals surface area contributed by atoms with Crippen molar-refractivity contribution in [1.82, 2.24) is 9.78 Å². The molecule has 4 nitrogen and oxygen atoms in total. The molecule has 78 valence electrons. The quantitative estimate of drug-likeness (QED) is 0.785. The van der Waals surface area contributed by atoms with Crippen LogP contribution in [0.15, 0.2) is 10.7 Å². The minimum Gasteiger partial charge on any atom is -0.464 e. The molecule has 0 spiro atoms. The van der Waals surface area contributed by atoms with Gasteiger partial charge < -0.3 is 4.74 Å². The highest BCUT2D eigenvalue weighted by Gasteiger charge is 2.16. The minimum atomic E-state index is -0.418. The monoisotopic (exact) mass is 260 g/mol. The lowest BCUT2D eigenvalue weighted by Gasteiger charge is -2.07. The molecule has 5 heteroatoms. The third-order valence-electron chi connectivity index (χ3n) is 2.11. The normalized spacial score (nSPS) is 12.6. The molecule has 0 aliphatic rings. The number of nitrogens with zero attached hydrogens (tertiary/aromatic N) is 2. The molecule has 0 aromatic carbocycles. The number of carbonyl (C=O) groups excluding carboxylic acids is 1. The molecule has 1 atom stereocenters. The molecule has 1 aromatic rings. The number of hydrogen-bond acceptors (Lipinski definition) is 3. The predicted octanol–water partition coefficient (Wildman–Crippen LogP) is 2.40. The van der Waals surface area contributed by atoms with Crippen LogP contribution in [-0.2, 0) is 4.74 Å². The first-order valence-electron chi connectivity index (χ1n) is 4.43. The van der Waals surface area contributed by atoms with Crippen molar-refractivity contribution in [1.29, 1.82) is 0 Å². The summed E-state index contributed by atoms with van der Waals surface area (Å²) in [6.45, 7) is 4.11. The van der Waals surface area contributed by atoms with Crippen molar-refractivity contribution in [2.24, 2.45) is 0 Å². The smallest absolute Gasteiger partial charge is 0.359 e. The molecule has 0 saturated carbocycles. The Morgan fingerprint density at radius 1 is 1.79 bits per heavy atom. The zero-order chi connectivity index (χ0) is 10.7. The molecule has 0 aliphatic carbocycles. The van der Waals surface area contributed by atoms with Gasteiger partial charge in [0.15, 0.2) is 5.69 Å². The van der Waals surface area contributed by atoms with Crippen LogP contribution in [0.3, 0.4) is 0 Å². The van der Waals surface area contributed by atoms with Gasteiger partial charge in [0.1, 0.15) is 0 Å². The van der Waals surface area contributed by atoms with Crippen LogP contribution in [0.1, 0.15) is 36.8 Å². The zero-order valence-corrected chi connectivity index (χ0v) is 10.0. The lowest BCUT2D eigenvalue weighted by Crippen LogP contribution is -2.08. The Balaban J connectivity index is 2.98. The number of esters is 1. The summed E-state index contributed by atoms with van der Waals surface area (Å²) in [5.74, 6) is -0.418. The number of carbonyl (C=O) groups is 1. The first kappa shape index (κ1) is 11.2. The van der Waals surface area contributed by atoms with E-state index >= 15 is 0 Å². The highest BCUT2D eigenvalue weighted by atomic mass is 79.9. The van der Waals surface area contributed by atoms with E-state index in [1.165, 1.54) is 7.11 Å². The molecule has 0 N–H and O–H groups in total. The van der Waals surface area contributed by atoms with E-state index in [0.717, 1.165) is 6.42 Å². The molecule has 1 heterocycles. The fraction of sp³-hybridized carbons (Fsp3) is 0.556. The average Bonchev–Trinajstić information content (AvgIpc) is 2.58. The molecule has 0 amide bonds. The lowest BCUT2D eigenvalue weighted by atomic mass is 10.3. The van der Waals surface area contributed by atoms with Gasteiger partial charge in [-0.3, -0.25) is 4.68 Å². The largest absolute Gasteiger partial charge is 0.464 e. The van der Waals surface area contributed by atoms with Crippen molar-refractivity contribution >= 4 is 21.9 Å². The average molecular weight is 261 g/mol. The maximum absolute atomic E-state index is 11.2. The van der Waals surface area contributed by atoms with E-state index in [2.05, 4.69) is 32.7 Å². The van der Waals surface area contributed by atoms with Gasteiger partial charge in [0.25, 0.3) is 0 Å². The van der Waals surface area contributed by atoms with E-state index in [1.54, 1.807) is 10.9 Å². The molecule has 1 aromatic heterocycles. The Kier molecular flexibility index (Phi) is 3.69. The van der Waals surface area contributed by atoms with Crippen LogP contribution in [0.2, 0.25) is 0 Å². The molecular weight excluding hydrogens is 248 g/mol. The summed E-state index contributed by atoms with van der Waals surface area (Å²) in [6, 6.07) is 0.282. The third kappa shape index (κ3) is 2.15. The van der Waals surface area contributed by atoms with Gasteiger partial charge in [-0.25, -0.2) is 4.79 Å². The Labute approximate surface area is 91.4 Å². The summed E-state index contributed by atoms with van der Waals surface area (Å²) in [5.41, 5.74) is 0.327. The van der Waals surface area contributed by atoms with E-state index in [9.17, 15) is 4.79 Å².